The van der Waals surface area contributed by atoms with Gasteiger partial charge in [-0.1, -0.05) is 0 Å². The highest BCUT2D eigenvalue weighted by atomic mass is 35.5. The van der Waals surface area contributed by atoms with E-state index in [1.807, 2.05) is 0 Å². The Labute approximate surface area is 103 Å². The fraction of sp³-hybridized carbons (Fsp3) is 0.273. The number of carbonyl (C=O) groups is 2. The van der Waals surface area contributed by atoms with E-state index in [2.05, 4.69) is 10.6 Å². The number of imide groups is 1. The van der Waals surface area contributed by atoms with Gasteiger partial charge in [-0.25, -0.2) is 9.18 Å². The van der Waals surface area contributed by atoms with E-state index >= 15 is 0 Å². The van der Waals surface area contributed by atoms with Gasteiger partial charge in [0.15, 0.2) is 0 Å². The lowest BCUT2D eigenvalue weighted by Crippen LogP contribution is -2.34. The second-order valence-electron chi connectivity index (χ2n) is 3.41. The minimum Gasteiger partial charge on any atom is -0.308 e. The molecule has 1 rings (SSSR count). The second-order valence-corrected chi connectivity index (χ2v) is 3.78. The lowest BCUT2D eigenvalue weighted by molar-refractivity contribution is -0.119. The summed E-state index contributed by atoms with van der Waals surface area (Å²) in [6.45, 7) is 1.58. The Morgan fingerprint density at radius 2 is 2.12 bits per heavy atom. The third-order valence-corrected chi connectivity index (χ3v) is 2.18. The zero-order chi connectivity index (χ0) is 12.8. The number of carbonyl (C=O) groups excluding carboxylic acids is 2. The Hall–Kier alpha value is -1.62. The van der Waals surface area contributed by atoms with E-state index in [9.17, 15) is 14.0 Å². The van der Waals surface area contributed by atoms with Crippen molar-refractivity contribution in [2.24, 2.45) is 0 Å². The van der Waals surface area contributed by atoms with Crippen molar-refractivity contribution in [3.05, 3.63) is 29.6 Å². The molecule has 0 fully saturated rings. The topological polar surface area (TPSA) is 58.2 Å². The van der Waals surface area contributed by atoms with E-state index < -0.39 is 11.9 Å². The van der Waals surface area contributed by atoms with Crippen LogP contribution < -0.4 is 10.6 Å². The van der Waals surface area contributed by atoms with Crippen molar-refractivity contribution in [2.45, 2.75) is 13.3 Å². The highest BCUT2D eigenvalue weighted by molar-refractivity contribution is 6.19. The van der Waals surface area contributed by atoms with Gasteiger partial charge in [0.25, 0.3) is 0 Å². The van der Waals surface area contributed by atoms with Crippen LogP contribution in [0.25, 0.3) is 0 Å². The average Bonchev–Trinajstić information content (AvgIpc) is 2.23. The van der Waals surface area contributed by atoms with Gasteiger partial charge >= 0.3 is 6.03 Å². The number of nitrogens with one attached hydrogen (secondary N) is 2. The Bertz CT molecular complexity index is 437. The van der Waals surface area contributed by atoms with Gasteiger partial charge in [0.05, 0.1) is 0 Å². The summed E-state index contributed by atoms with van der Waals surface area (Å²) in [5.41, 5.74) is 0.829. The Morgan fingerprint density at radius 3 is 2.71 bits per heavy atom. The predicted molar refractivity (Wildman–Crippen MR) is 63.6 cm³/mol. The first-order valence-electron chi connectivity index (χ1n) is 4.96. The summed E-state index contributed by atoms with van der Waals surface area (Å²) in [7, 11) is 0. The molecule has 3 amide bonds. The van der Waals surface area contributed by atoms with E-state index in [0.717, 1.165) is 0 Å². The monoisotopic (exact) mass is 258 g/mol. The maximum atomic E-state index is 12.9. The molecule has 17 heavy (non-hydrogen) atoms. The molecular formula is C11H12ClFN2O2. The van der Waals surface area contributed by atoms with Gasteiger partial charge in [0, 0.05) is 18.0 Å². The molecule has 0 saturated heterocycles. The van der Waals surface area contributed by atoms with Gasteiger partial charge in [0.1, 0.15) is 5.82 Å². The Morgan fingerprint density at radius 1 is 1.41 bits per heavy atom. The van der Waals surface area contributed by atoms with Crippen LogP contribution in [0.4, 0.5) is 14.9 Å². The molecule has 92 valence electrons. The number of amides is 3. The third-order valence-electron chi connectivity index (χ3n) is 1.99. The van der Waals surface area contributed by atoms with Crippen LogP contribution in [0.2, 0.25) is 0 Å². The summed E-state index contributed by atoms with van der Waals surface area (Å²) in [5.74, 6) is -0.667. The summed E-state index contributed by atoms with van der Waals surface area (Å²) in [6, 6.07) is 3.46. The highest BCUT2D eigenvalue weighted by Gasteiger charge is 2.07. The fourth-order valence-electron chi connectivity index (χ4n) is 1.16. The second kappa shape index (κ2) is 6.20. The molecule has 0 aliphatic heterocycles. The molecule has 0 atom stereocenters. The van der Waals surface area contributed by atoms with Gasteiger partial charge in [0.2, 0.25) is 5.91 Å². The van der Waals surface area contributed by atoms with Crippen molar-refractivity contribution in [3.63, 3.8) is 0 Å². The van der Waals surface area contributed by atoms with Crippen molar-refractivity contribution in [2.75, 3.05) is 11.2 Å². The molecule has 1 aromatic carbocycles. The molecule has 0 radical (unpaired) electrons. The number of halogens is 2. The number of benzene rings is 1. The van der Waals surface area contributed by atoms with Crippen molar-refractivity contribution in [1.29, 1.82) is 0 Å². The van der Waals surface area contributed by atoms with Crippen LogP contribution in [0.5, 0.6) is 0 Å². The summed E-state index contributed by atoms with van der Waals surface area (Å²) >= 11 is 5.34. The molecule has 0 spiro atoms. The molecule has 1 aromatic rings. The molecule has 2 N–H and O–H groups in total. The number of hydrogen-bond acceptors (Lipinski definition) is 2. The minimum absolute atomic E-state index is 0.0669. The largest absolute Gasteiger partial charge is 0.325 e. The van der Waals surface area contributed by atoms with Crippen molar-refractivity contribution < 1.29 is 14.0 Å². The normalized spacial score (nSPS) is 9.82. The smallest absolute Gasteiger partial charge is 0.308 e. The van der Waals surface area contributed by atoms with Crippen LogP contribution >= 0.6 is 11.6 Å². The quantitative estimate of drug-likeness (QED) is 0.818. The third kappa shape index (κ3) is 4.40. The summed E-state index contributed by atoms with van der Waals surface area (Å²) < 4.78 is 12.9. The van der Waals surface area contributed by atoms with E-state index in [1.165, 1.54) is 18.2 Å². The summed E-state index contributed by atoms with van der Waals surface area (Å²) in [5, 5.41) is 4.51. The highest BCUT2D eigenvalue weighted by Crippen LogP contribution is 2.13. The molecule has 6 heteroatoms. The average molecular weight is 259 g/mol. The maximum Gasteiger partial charge on any atom is 0.325 e. The van der Waals surface area contributed by atoms with Crippen molar-refractivity contribution in [1.82, 2.24) is 5.32 Å². The molecule has 0 aromatic heterocycles. The molecular weight excluding hydrogens is 247 g/mol. The summed E-state index contributed by atoms with van der Waals surface area (Å²) in [6.07, 6.45) is 0.0669. The van der Waals surface area contributed by atoms with Crippen LogP contribution in [0.1, 0.15) is 12.0 Å². The first-order chi connectivity index (χ1) is 8.02. The number of rotatable bonds is 3. The molecule has 4 nitrogen and oxygen atoms in total. The minimum atomic E-state index is -0.661. The van der Waals surface area contributed by atoms with Crippen LogP contribution in [0, 0.1) is 12.7 Å². The summed E-state index contributed by atoms with van der Waals surface area (Å²) in [4.78, 5) is 22.4. The standard InChI is InChI=1S/C11H12ClFN2O2/c1-7-6-8(2-3-9(7)13)14-11(17)15-10(16)4-5-12/h2-3,6H,4-5H2,1H3,(H2,14,15,16,17). The Kier molecular flexibility index (Phi) is 4.90. The molecule has 0 bridgehead atoms. The molecule has 0 aliphatic rings. The fourth-order valence-corrected chi connectivity index (χ4v) is 1.33. The Balaban J connectivity index is 2.56. The molecule has 0 unspecified atom stereocenters. The van der Waals surface area contributed by atoms with Crippen LogP contribution in [0.15, 0.2) is 18.2 Å². The van der Waals surface area contributed by atoms with Crippen LogP contribution in [0.3, 0.4) is 0 Å². The number of aryl methyl sites for hydroxylation is 1. The first-order valence-corrected chi connectivity index (χ1v) is 5.49. The van der Waals surface area contributed by atoms with E-state index in [0.29, 0.717) is 11.3 Å². The van der Waals surface area contributed by atoms with Crippen LogP contribution in [-0.2, 0) is 4.79 Å². The van der Waals surface area contributed by atoms with Gasteiger partial charge in [-0.2, -0.15) is 0 Å². The number of hydrogen-bond donors (Lipinski definition) is 2. The number of anilines is 1. The van der Waals surface area contributed by atoms with Gasteiger partial charge < -0.3 is 5.32 Å². The van der Waals surface area contributed by atoms with Crippen molar-refractivity contribution in [3.8, 4) is 0 Å². The van der Waals surface area contributed by atoms with Crippen LogP contribution in [-0.4, -0.2) is 17.8 Å². The molecule has 0 saturated carbocycles. The van der Waals surface area contributed by atoms with Gasteiger partial charge in [-0.05, 0) is 30.7 Å². The zero-order valence-corrected chi connectivity index (χ0v) is 9.97. The number of urea groups is 1. The van der Waals surface area contributed by atoms with Crippen molar-refractivity contribution >= 4 is 29.2 Å². The molecule has 0 aliphatic carbocycles. The van der Waals surface area contributed by atoms with Gasteiger partial charge in [-0.15, -0.1) is 11.6 Å². The lowest BCUT2D eigenvalue weighted by Gasteiger charge is -2.07. The maximum absolute atomic E-state index is 12.9. The zero-order valence-electron chi connectivity index (χ0n) is 9.22. The van der Waals surface area contributed by atoms with E-state index in [4.69, 9.17) is 11.6 Å². The molecule has 0 heterocycles. The number of alkyl halides is 1. The first kappa shape index (κ1) is 13.4. The van der Waals surface area contributed by atoms with E-state index in [1.54, 1.807) is 6.92 Å². The SMILES string of the molecule is Cc1cc(NC(=O)NC(=O)CCCl)ccc1F. The lowest BCUT2D eigenvalue weighted by atomic mass is 10.2. The van der Waals surface area contributed by atoms with Gasteiger partial charge in [-0.3, -0.25) is 10.1 Å². The van der Waals surface area contributed by atoms with E-state index in [-0.39, 0.29) is 18.1 Å². The predicted octanol–water partition coefficient (Wildman–Crippen LogP) is 2.41.